The van der Waals surface area contributed by atoms with Crippen LogP contribution in [0.15, 0.2) is 28.7 Å². The fourth-order valence-corrected chi connectivity index (χ4v) is 4.02. The highest BCUT2D eigenvalue weighted by molar-refractivity contribution is 9.10. The molecule has 0 aliphatic carbocycles. The zero-order valence-corrected chi connectivity index (χ0v) is 14.7. The number of thiazole rings is 1. The molecule has 4 nitrogen and oxygen atoms in total. The van der Waals surface area contributed by atoms with Crippen LogP contribution < -0.4 is 0 Å². The first-order valence-corrected chi connectivity index (χ1v) is 8.59. The minimum Gasteiger partial charge on any atom is -0.481 e. The van der Waals surface area contributed by atoms with Crippen LogP contribution in [-0.2, 0) is 17.6 Å². The zero-order valence-electron chi connectivity index (χ0n) is 12.3. The van der Waals surface area contributed by atoms with Crippen molar-refractivity contribution < 1.29 is 9.90 Å². The number of aromatic nitrogens is 2. The van der Waals surface area contributed by atoms with Crippen molar-refractivity contribution in [1.29, 1.82) is 0 Å². The molecule has 3 rings (SSSR count). The summed E-state index contributed by atoms with van der Waals surface area (Å²) in [5, 5.41) is 9.29. The number of hydrogen-bond acceptors (Lipinski definition) is 3. The first kappa shape index (κ1) is 15.2. The Hall–Kier alpha value is -1.66. The van der Waals surface area contributed by atoms with Gasteiger partial charge in [-0.05, 0) is 25.5 Å². The van der Waals surface area contributed by atoms with E-state index in [1.807, 2.05) is 28.7 Å². The highest BCUT2D eigenvalue weighted by atomic mass is 79.9. The Labute approximate surface area is 140 Å². The molecule has 0 bridgehead atoms. The number of halogens is 1. The normalized spacial score (nSPS) is 11.2. The number of aliphatic carboxylic acids is 1. The van der Waals surface area contributed by atoms with Crippen LogP contribution in [0.1, 0.15) is 23.2 Å². The van der Waals surface area contributed by atoms with Gasteiger partial charge in [-0.2, -0.15) is 0 Å². The SMILES string of the molecule is CCc1c(C)sc2nc(-c3ccc(Br)cc3)c(CC(=O)O)n12. The van der Waals surface area contributed by atoms with Crippen molar-refractivity contribution in [2.24, 2.45) is 0 Å². The summed E-state index contributed by atoms with van der Waals surface area (Å²) in [4.78, 5) is 18.1. The summed E-state index contributed by atoms with van der Waals surface area (Å²) < 4.78 is 3.01. The van der Waals surface area contributed by atoms with Gasteiger partial charge in [-0.3, -0.25) is 9.20 Å². The maximum absolute atomic E-state index is 11.3. The number of benzene rings is 1. The van der Waals surface area contributed by atoms with Crippen molar-refractivity contribution in [2.75, 3.05) is 0 Å². The monoisotopic (exact) mass is 378 g/mol. The maximum Gasteiger partial charge on any atom is 0.309 e. The molecule has 1 N–H and O–H groups in total. The smallest absolute Gasteiger partial charge is 0.309 e. The molecule has 0 radical (unpaired) electrons. The average molecular weight is 379 g/mol. The molecule has 0 unspecified atom stereocenters. The molecule has 3 aromatic rings. The highest BCUT2D eigenvalue weighted by Crippen LogP contribution is 2.32. The molecule has 2 heterocycles. The van der Waals surface area contributed by atoms with Gasteiger partial charge in [0.25, 0.3) is 0 Å². The number of carboxylic acids is 1. The van der Waals surface area contributed by atoms with E-state index in [0.29, 0.717) is 0 Å². The third-order valence-corrected chi connectivity index (χ3v) is 5.16. The summed E-state index contributed by atoms with van der Waals surface area (Å²) in [5.41, 5.74) is 3.60. The van der Waals surface area contributed by atoms with E-state index in [9.17, 15) is 9.90 Å². The van der Waals surface area contributed by atoms with Gasteiger partial charge < -0.3 is 5.11 Å². The second-order valence-electron chi connectivity index (χ2n) is 5.06. The van der Waals surface area contributed by atoms with Crippen LogP contribution in [0.2, 0.25) is 0 Å². The van der Waals surface area contributed by atoms with E-state index in [2.05, 4.69) is 29.8 Å². The van der Waals surface area contributed by atoms with E-state index in [0.717, 1.165) is 38.5 Å². The van der Waals surface area contributed by atoms with E-state index < -0.39 is 5.97 Å². The van der Waals surface area contributed by atoms with Gasteiger partial charge in [0.1, 0.15) is 0 Å². The minimum atomic E-state index is -0.842. The van der Waals surface area contributed by atoms with Crippen LogP contribution >= 0.6 is 27.3 Å². The Morgan fingerprint density at radius 1 is 1.32 bits per heavy atom. The fourth-order valence-electron chi connectivity index (χ4n) is 2.68. The second-order valence-corrected chi connectivity index (χ2v) is 7.16. The molecule has 0 aliphatic heterocycles. The minimum absolute atomic E-state index is 0.0320. The van der Waals surface area contributed by atoms with Gasteiger partial charge in [-0.1, -0.05) is 35.0 Å². The van der Waals surface area contributed by atoms with Crippen molar-refractivity contribution >= 4 is 38.2 Å². The molecule has 0 amide bonds. The van der Waals surface area contributed by atoms with E-state index >= 15 is 0 Å². The van der Waals surface area contributed by atoms with Gasteiger partial charge in [0.05, 0.1) is 17.8 Å². The molecule has 0 saturated carbocycles. The first-order valence-electron chi connectivity index (χ1n) is 6.98. The van der Waals surface area contributed by atoms with Gasteiger partial charge in [-0.25, -0.2) is 4.98 Å². The number of carbonyl (C=O) groups is 1. The topological polar surface area (TPSA) is 54.6 Å². The van der Waals surface area contributed by atoms with E-state index in [-0.39, 0.29) is 6.42 Å². The van der Waals surface area contributed by atoms with Crippen molar-refractivity contribution in [1.82, 2.24) is 9.38 Å². The number of carboxylic acid groups (broad SMARTS) is 1. The van der Waals surface area contributed by atoms with Gasteiger partial charge in [-0.15, -0.1) is 11.3 Å². The van der Waals surface area contributed by atoms with Gasteiger partial charge in [0, 0.05) is 20.6 Å². The summed E-state index contributed by atoms with van der Waals surface area (Å²) >= 11 is 5.03. The van der Waals surface area contributed by atoms with Gasteiger partial charge in [0.2, 0.25) is 0 Å². The van der Waals surface area contributed by atoms with Crippen LogP contribution in [0.5, 0.6) is 0 Å². The average Bonchev–Trinajstić information content (AvgIpc) is 2.95. The maximum atomic E-state index is 11.3. The predicted octanol–water partition coefficient (Wildman–Crippen LogP) is 4.32. The molecule has 22 heavy (non-hydrogen) atoms. The summed E-state index contributed by atoms with van der Waals surface area (Å²) in [6.45, 7) is 4.14. The van der Waals surface area contributed by atoms with Crippen molar-refractivity contribution in [3.8, 4) is 11.3 Å². The molecule has 114 valence electrons. The Kier molecular flexibility index (Phi) is 4.06. The van der Waals surface area contributed by atoms with Crippen LogP contribution in [0.3, 0.4) is 0 Å². The van der Waals surface area contributed by atoms with Crippen molar-refractivity contribution in [3.05, 3.63) is 45.0 Å². The Morgan fingerprint density at radius 3 is 2.59 bits per heavy atom. The number of aryl methyl sites for hydroxylation is 2. The van der Waals surface area contributed by atoms with Gasteiger partial charge >= 0.3 is 5.97 Å². The summed E-state index contributed by atoms with van der Waals surface area (Å²) in [6, 6.07) is 7.80. The Bertz CT molecular complexity index is 849. The van der Waals surface area contributed by atoms with Gasteiger partial charge in [0.15, 0.2) is 4.96 Å². The van der Waals surface area contributed by atoms with E-state index in [1.165, 1.54) is 4.88 Å². The summed E-state index contributed by atoms with van der Waals surface area (Å²) in [6.07, 6.45) is 0.824. The lowest BCUT2D eigenvalue weighted by atomic mass is 10.1. The molecule has 1 aromatic carbocycles. The standard InChI is InChI=1S/C16H15BrN2O2S/c1-3-12-9(2)22-16-18-15(10-4-6-11(17)7-5-10)13(19(12)16)8-14(20)21/h4-7H,3,8H2,1-2H3,(H,20,21). The van der Waals surface area contributed by atoms with Crippen molar-refractivity contribution in [3.63, 3.8) is 0 Å². The quantitative estimate of drug-likeness (QED) is 0.735. The van der Waals surface area contributed by atoms with Crippen LogP contribution in [-0.4, -0.2) is 20.5 Å². The number of hydrogen-bond donors (Lipinski definition) is 1. The number of nitrogens with zero attached hydrogens (tertiary/aromatic N) is 2. The lowest BCUT2D eigenvalue weighted by Crippen LogP contribution is -2.06. The lowest BCUT2D eigenvalue weighted by Gasteiger charge is -2.05. The molecule has 0 fully saturated rings. The molecule has 2 aromatic heterocycles. The second kappa shape index (κ2) is 5.85. The van der Waals surface area contributed by atoms with Crippen LogP contribution in [0, 0.1) is 6.92 Å². The zero-order chi connectivity index (χ0) is 15.9. The molecule has 0 spiro atoms. The van der Waals surface area contributed by atoms with E-state index in [1.54, 1.807) is 11.3 Å². The van der Waals surface area contributed by atoms with Crippen LogP contribution in [0.4, 0.5) is 0 Å². The molecular formula is C16H15BrN2O2S. The predicted molar refractivity (Wildman–Crippen MR) is 91.7 cm³/mol. The third kappa shape index (κ3) is 2.57. The van der Waals surface area contributed by atoms with Crippen LogP contribution in [0.25, 0.3) is 16.2 Å². The third-order valence-electron chi connectivity index (χ3n) is 3.63. The molecule has 0 atom stereocenters. The largest absolute Gasteiger partial charge is 0.481 e. The Morgan fingerprint density at radius 2 is 2.00 bits per heavy atom. The first-order chi connectivity index (χ1) is 10.5. The number of fused-ring (bicyclic) bond motifs is 1. The molecule has 6 heteroatoms. The summed E-state index contributed by atoms with van der Waals surface area (Å²) in [7, 11) is 0. The van der Waals surface area contributed by atoms with E-state index in [4.69, 9.17) is 4.98 Å². The Balaban J connectivity index is 2.27. The number of imidazole rings is 1. The lowest BCUT2D eigenvalue weighted by molar-refractivity contribution is -0.136. The highest BCUT2D eigenvalue weighted by Gasteiger charge is 2.21. The molecular weight excluding hydrogens is 364 g/mol. The van der Waals surface area contributed by atoms with Crippen molar-refractivity contribution in [2.45, 2.75) is 26.7 Å². The molecule has 0 saturated heterocycles. The summed E-state index contributed by atoms with van der Waals surface area (Å²) in [5.74, 6) is -0.842. The molecule has 0 aliphatic rings. The number of rotatable bonds is 4. The fraction of sp³-hybridized carbons (Fsp3) is 0.250.